The number of aromatic carboxylic acids is 2. The molecule has 0 saturated carbocycles. The first-order valence-electron chi connectivity index (χ1n) is 7.93. The van der Waals surface area contributed by atoms with Crippen LogP contribution in [0, 0.1) is 0 Å². The van der Waals surface area contributed by atoms with Gasteiger partial charge < -0.3 is 15.9 Å². The van der Waals surface area contributed by atoms with Gasteiger partial charge in [-0.05, 0) is 48.4 Å². The number of carbonyl (C=O) groups excluding carboxylic acids is 1. The number of carboxylic acids is 2. The molecule has 0 aliphatic carbocycles. The molecule has 2 aromatic rings. The summed E-state index contributed by atoms with van der Waals surface area (Å²) >= 11 is 6.38. The Morgan fingerprint density at radius 1 is 1.00 bits per heavy atom. The van der Waals surface area contributed by atoms with Crippen LogP contribution in [0.3, 0.4) is 0 Å². The standard InChI is InChI=1S/C19H14N2O5S2/c1-9(10-2-4-13(20)5-3-10)15-16(22)21(19(27)28-15)14-7-11(17(23)24)6-12(8-14)18(25)26/h2-8H,20H2,1H3,(H,23,24)(H,25,26)/b15-9-. The monoisotopic (exact) mass is 414 g/mol. The number of carbonyl (C=O) groups is 3. The third kappa shape index (κ3) is 3.62. The Balaban J connectivity index is 2.07. The van der Waals surface area contributed by atoms with Crippen LogP contribution in [0.15, 0.2) is 47.4 Å². The van der Waals surface area contributed by atoms with E-state index in [1.807, 2.05) is 0 Å². The zero-order valence-corrected chi connectivity index (χ0v) is 16.1. The Kier molecular flexibility index (Phi) is 5.21. The molecule has 28 heavy (non-hydrogen) atoms. The fourth-order valence-electron chi connectivity index (χ4n) is 2.67. The maximum Gasteiger partial charge on any atom is 0.335 e. The fourth-order valence-corrected chi connectivity index (χ4v) is 4.01. The highest BCUT2D eigenvalue weighted by Crippen LogP contribution is 2.39. The van der Waals surface area contributed by atoms with Gasteiger partial charge in [0.1, 0.15) is 0 Å². The zero-order valence-electron chi connectivity index (χ0n) is 14.5. The highest BCUT2D eigenvalue weighted by atomic mass is 32.2. The molecule has 2 aromatic carbocycles. The maximum atomic E-state index is 13.0. The molecule has 3 rings (SSSR count). The topological polar surface area (TPSA) is 121 Å². The lowest BCUT2D eigenvalue weighted by molar-refractivity contribution is -0.113. The molecule has 0 spiro atoms. The lowest BCUT2D eigenvalue weighted by Crippen LogP contribution is -2.28. The molecule has 1 saturated heterocycles. The molecule has 0 atom stereocenters. The number of thioether (sulfide) groups is 1. The van der Waals surface area contributed by atoms with Crippen LogP contribution >= 0.6 is 24.0 Å². The smallest absolute Gasteiger partial charge is 0.335 e. The van der Waals surface area contributed by atoms with E-state index in [1.54, 1.807) is 31.2 Å². The summed E-state index contributed by atoms with van der Waals surface area (Å²) < 4.78 is 0.189. The largest absolute Gasteiger partial charge is 0.478 e. The number of benzene rings is 2. The molecular weight excluding hydrogens is 400 g/mol. The first-order chi connectivity index (χ1) is 13.2. The van der Waals surface area contributed by atoms with Crippen molar-refractivity contribution in [2.45, 2.75) is 6.92 Å². The van der Waals surface area contributed by atoms with Crippen LogP contribution in [-0.2, 0) is 4.79 Å². The van der Waals surface area contributed by atoms with E-state index < -0.39 is 17.8 Å². The summed E-state index contributed by atoms with van der Waals surface area (Å²) in [5.74, 6) is -3.05. The number of hydrogen-bond acceptors (Lipinski definition) is 6. The van der Waals surface area contributed by atoms with Crippen molar-refractivity contribution in [3.05, 3.63) is 64.1 Å². The predicted molar refractivity (Wildman–Crippen MR) is 111 cm³/mol. The van der Waals surface area contributed by atoms with Crippen molar-refractivity contribution in [2.24, 2.45) is 0 Å². The minimum absolute atomic E-state index is 0.0971. The van der Waals surface area contributed by atoms with Crippen molar-refractivity contribution in [2.75, 3.05) is 10.6 Å². The number of anilines is 2. The Bertz CT molecular complexity index is 1030. The van der Waals surface area contributed by atoms with Gasteiger partial charge in [0.05, 0.1) is 21.7 Å². The molecule has 0 radical (unpaired) electrons. The van der Waals surface area contributed by atoms with Crippen LogP contribution in [0.2, 0.25) is 0 Å². The Hall–Kier alpha value is -3.17. The summed E-state index contributed by atoms with van der Waals surface area (Å²) in [5.41, 5.74) is 7.37. The van der Waals surface area contributed by atoms with Crippen LogP contribution in [-0.4, -0.2) is 32.4 Å². The summed E-state index contributed by atoms with van der Waals surface area (Å²) in [7, 11) is 0. The third-order valence-electron chi connectivity index (χ3n) is 4.12. The summed E-state index contributed by atoms with van der Waals surface area (Å²) in [6.07, 6.45) is 0. The molecule has 0 bridgehead atoms. The molecule has 4 N–H and O–H groups in total. The zero-order chi connectivity index (χ0) is 20.6. The molecule has 1 aliphatic heterocycles. The molecule has 1 heterocycles. The summed E-state index contributed by atoms with van der Waals surface area (Å²) in [6, 6.07) is 10.5. The van der Waals surface area contributed by atoms with Crippen molar-refractivity contribution < 1.29 is 24.6 Å². The van der Waals surface area contributed by atoms with Crippen LogP contribution in [0.1, 0.15) is 33.2 Å². The number of hydrogen-bond donors (Lipinski definition) is 3. The summed E-state index contributed by atoms with van der Waals surface area (Å²) in [4.78, 5) is 37.2. The van der Waals surface area contributed by atoms with E-state index in [0.29, 0.717) is 16.2 Å². The molecule has 1 fully saturated rings. The Morgan fingerprint density at radius 2 is 1.54 bits per heavy atom. The van der Waals surface area contributed by atoms with Crippen molar-refractivity contribution >= 4 is 63.1 Å². The number of nitrogens with zero attached hydrogens (tertiary/aromatic N) is 1. The average Bonchev–Trinajstić information content (AvgIpc) is 2.95. The third-order valence-corrected chi connectivity index (χ3v) is 5.60. The van der Waals surface area contributed by atoms with Gasteiger partial charge in [0.2, 0.25) is 0 Å². The second kappa shape index (κ2) is 7.45. The molecule has 9 heteroatoms. The van der Waals surface area contributed by atoms with Gasteiger partial charge in [0.15, 0.2) is 4.32 Å². The first-order valence-corrected chi connectivity index (χ1v) is 9.16. The SMILES string of the molecule is C/C(=C1/SC(=S)N(c2cc(C(=O)O)cc(C(=O)O)c2)C1=O)c1ccc(N)cc1. The normalized spacial score (nSPS) is 15.7. The van der Waals surface area contributed by atoms with Gasteiger partial charge in [-0.2, -0.15) is 0 Å². The van der Waals surface area contributed by atoms with Gasteiger partial charge in [-0.15, -0.1) is 0 Å². The first kappa shape index (κ1) is 19.6. The van der Waals surface area contributed by atoms with E-state index in [-0.39, 0.29) is 21.1 Å². The minimum Gasteiger partial charge on any atom is -0.478 e. The number of nitrogen functional groups attached to an aromatic ring is 1. The molecule has 1 aliphatic rings. The lowest BCUT2D eigenvalue weighted by atomic mass is 10.1. The van der Waals surface area contributed by atoms with E-state index >= 15 is 0 Å². The predicted octanol–water partition coefficient (Wildman–Crippen LogP) is 3.46. The molecule has 0 aromatic heterocycles. The van der Waals surface area contributed by atoms with E-state index in [4.69, 9.17) is 18.0 Å². The number of nitrogens with two attached hydrogens (primary N) is 1. The van der Waals surface area contributed by atoms with Gasteiger partial charge >= 0.3 is 11.9 Å². The second-order valence-corrected chi connectivity index (χ2v) is 7.61. The summed E-state index contributed by atoms with van der Waals surface area (Å²) in [6.45, 7) is 1.77. The molecule has 1 amide bonds. The number of amides is 1. The van der Waals surface area contributed by atoms with Crippen molar-refractivity contribution in [3.8, 4) is 0 Å². The molecule has 7 nitrogen and oxygen atoms in total. The van der Waals surface area contributed by atoms with Crippen LogP contribution in [0.4, 0.5) is 11.4 Å². The van der Waals surface area contributed by atoms with Gasteiger partial charge in [0, 0.05) is 5.69 Å². The maximum absolute atomic E-state index is 13.0. The number of thiocarbonyl (C=S) groups is 1. The highest BCUT2D eigenvalue weighted by molar-refractivity contribution is 8.27. The number of allylic oxidation sites excluding steroid dienone is 1. The second-order valence-electron chi connectivity index (χ2n) is 5.96. The van der Waals surface area contributed by atoms with E-state index in [2.05, 4.69) is 0 Å². The Morgan fingerprint density at radius 3 is 2.04 bits per heavy atom. The fraction of sp³-hybridized carbons (Fsp3) is 0.0526. The quantitative estimate of drug-likeness (QED) is 0.395. The van der Waals surface area contributed by atoms with Gasteiger partial charge in [-0.25, -0.2) is 9.59 Å². The van der Waals surface area contributed by atoms with Gasteiger partial charge in [-0.1, -0.05) is 36.1 Å². The highest BCUT2D eigenvalue weighted by Gasteiger charge is 2.35. The number of rotatable bonds is 4. The van der Waals surface area contributed by atoms with Gasteiger partial charge in [0.25, 0.3) is 5.91 Å². The van der Waals surface area contributed by atoms with Crippen LogP contribution < -0.4 is 10.6 Å². The van der Waals surface area contributed by atoms with E-state index in [0.717, 1.165) is 28.3 Å². The van der Waals surface area contributed by atoms with Crippen molar-refractivity contribution in [1.29, 1.82) is 0 Å². The van der Waals surface area contributed by atoms with Gasteiger partial charge in [-0.3, -0.25) is 9.69 Å². The van der Waals surface area contributed by atoms with E-state index in [1.165, 1.54) is 12.1 Å². The van der Waals surface area contributed by atoms with Crippen LogP contribution in [0.25, 0.3) is 5.57 Å². The molecular formula is C19H14N2O5S2. The summed E-state index contributed by atoms with van der Waals surface area (Å²) in [5, 5.41) is 18.5. The number of carboxylic acid groups (broad SMARTS) is 2. The lowest BCUT2D eigenvalue weighted by Gasteiger charge is -2.16. The van der Waals surface area contributed by atoms with Crippen molar-refractivity contribution in [1.82, 2.24) is 0 Å². The van der Waals surface area contributed by atoms with Crippen molar-refractivity contribution in [3.63, 3.8) is 0 Å². The average molecular weight is 414 g/mol. The molecule has 142 valence electrons. The molecule has 0 unspecified atom stereocenters. The minimum atomic E-state index is -1.30. The van der Waals surface area contributed by atoms with E-state index in [9.17, 15) is 24.6 Å². The van der Waals surface area contributed by atoms with Crippen LogP contribution in [0.5, 0.6) is 0 Å². The Labute approximate surface area is 169 Å².